The zero-order chi connectivity index (χ0) is 7.56. The molecule has 1 aromatic heterocycles. The molecule has 0 amide bonds. The molecule has 0 aliphatic rings. The molecule has 1 heterocycles. The average molecular weight is 215 g/mol. The van der Waals surface area contributed by atoms with Crippen molar-refractivity contribution < 1.29 is 4.42 Å². The minimum Gasteiger partial charge on any atom is -0.407 e. The fourth-order valence-corrected chi connectivity index (χ4v) is 0.508. The van der Waals surface area contributed by atoms with E-state index in [4.69, 9.17) is 10.2 Å². The van der Waals surface area contributed by atoms with Crippen LogP contribution in [-0.2, 0) is 6.54 Å². The van der Waals surface area contributed by atoms with Crippen LogP contribution in [0.2, 0.25) is 0 Å². The van der Waals surface area contributed by atoms with Gasteiger partial charge in [-0.1, -0.05) is 5.10 Å². The summed E-state index contributed by atoms with van der Waals surface area (Å²) in [7, 11) is 3.65. The summed E-state index contributed by atoms with van der Waals surface area (Å²) in [5.41, 5.74) is 5.25. The number of rotatable bonds is 2. The molecular weight excluding hydrogens is 203 g/mol. The van der Waals surface area contributed by atoms with E-state index in [1.54, 1.807) is 4.90 Å². The molecule has 0 unspecified atom stereocenters. The maximum Gasteiger partial charge on any atom is 0.317 e. The highest BCUT2D eigenvalue weighted by Gasteiger charge is 2.03. The molecule has 72 valence electrons. The SMILES string of the molecule is CN(C)c1nnc(CN)o1.Cl.Cl. The molecule has 0 aromatic carbocycles. The first-order valence-corrected chi connectivity index (χ1v) is 2.94. The van der Waals surface area contributed by atoms with Crippen molar-refractivity contribution in [3.63, 3.8) is 0 Å². The second kappa shape index (κ2) is 6.05. The third kappa shape index (κ3) is 3.25. The van der Waals surface area contributed by atoms with Gasteiger partial charge in [0.15, 0.2) is 0 Å². The van der Waals surface area contributed by atoms with Gasteiger partial charge in [0, 0.05) is 14.1 Å². The van der Waals surface area contributed by atoms with E-state index in [2.05, 4.69) is 10.2 Å². The van der Waals surface area contributed by atoms with Crippen molar-refractivity contribution in [1.29, 1.82) is 0 Å². The van der Waals surface area contributed by atoms with Crippen molar-refractivity contribution in [2.45, 2.75) is 6.54 Å². The number of nitrogens with zero attached hydrogens (tertiary/aromatic N) is 3. The number of halogens is 2. The molecule has 0 radical (unpaired) electrons. The van der Waals surface area contributed by atoms with Gasteiger partial charge >= 0.3 is 6.01 Å². The van der Waals surface area contributed by atoms with Gasteiger partial charge in [-0.25, -0.2) is 0 Å². The summed E-state index contributed by atoms with van der Waals surface area (Å²) >= 11 is 0. The van der Waals surface area contributed by atoms with Crippen LogP contribution in [-0.4, -0.2) is 24.3 Å². The number of hydrogen-bond acceptors (Lipinski definition) is 5. The van der Waals surface area contributed by atoms with Crippen LogP contribution in [0.1, 0.15) is 5.89 Å². The normalized spacial score (nSPS) is 8.25. The zero-order valence-corrected chi connectivity index (χ0v) is 8.48. The molecule has 0 aliphatic heterocycles. The molecule has 0 saturated carbocycles. The van der Waals surface area contributed by atoms with Crippen LogP contribution < -0.4 is 10.6 Å². The Labute approximate surface area is 83.1 Å². The Bertz CT molecular complexity index is 215. The van der Waals surface area contributed by atoms with Gasteiger partial charge < -0.3 is 15.1 Å². The molecule has 7 heteroatoms. The highest BCUT2D eigenvalue weighted by molar-refractivity contribution is 5.85. The lowest BCUT2D eigenvalue weighted by atomic mass is 10.7. The summed E-state index contributed by atoms with van der Waals surface area (Å²) in [4.78, 5) is 1.73. The van der Waals surface area contributed by atoms with E-state index >= 15 is 0 Å². The number of aromatic nitrogens is 2. The Hall–Kier alpha value is -0.520. The molecule has 12 heavy (non-hydrogen) atoms. The van der Waals surface area contributed by atoms with Crippen LogP contribution in [0.15, 0.2) is 4.42 Å². The summed E-state index contributed by atoms with van der Waals surface area (Å²) in [5.74, 6) is 0.462. The van der Waals surface area contributed by atoms with Gasteiger partial charge in [0.2, 0.25) is 5.89 Å². The quantitative estimate of drug-likeness (QED) is 0.775. The van der Waals surface area contributed by atoms with Gasteiger partial charge in [-0.3, -0.25) is 0 Å². The molecule has 0 aliphatic carbocycles. The Morgan fingerprint density at radius 3 is 2.17 bits per heavy atom. The fourth-order valence-electron chi connectivity index (χ4n) is 0.508. The number of hydrogen-bond donors (Lipinski definition) is 1. The Morgan fingerprint density at radius 2 is 1.92 bits per heavy atom. The lowest BCUT2D eigenvalue weighted by Gasteiger charge is -2.02. The van der Waals surface area contributed by atoms with E-state index < -0.39 is 0 Å². The van der Waals surface area contributed by atoms with Crippen LogP contribution in [0, 0.1) is 0 Å². The summed E-state index contributed by atoms with van der Waals surface area (Å²) in [6.45, 7) is 0.292. The average Bonchev–Trinajstić information content (AvgIpc) is 2.34. The van der Waals surface area contributed by atoms with Crippen molar-refractivity contribution in [3.8, 4) is 0 Å². The minimum atomic E-state index is 0. The topological polar surface area (TPSA) is 68.2 Å². The Balaban J connectivity index is 0. The van der Waals surface area contributed by atoms with Gasteiger partial charge in [-0.15, -0.1) is 29.9 Å². The van der Waals surface area contributed by atoms with Gasteiger partial charge in [-0.05, 0) is 0 Å². The first-order chi connectivity index (χ1) is 4.74. The summed E-state index contributed by atoms with van der Waals surface area (Å²) in [5, 5.41) is 7.39. The smallest absolute Gasteiger partial charge is 0.317 e. The van der Waals surface area contributed by atoms with Crippen LogP contribution in [0.3, 0.4) is 0 Å². The Morgan fingerprint density at radius 1 is 1.33 bits per heavy atom. The standard InChI is InChI=1S/C5H10N4O.2ClH/c1-9(2)5-8-7-4(3-6)10-5;;/h3,6H2,1-2H3;2*1H. The van der Waals surface area contributed by atoms with E-state index in [0.717, 1.165) is 0 Å². The fraction of sp³-hybridized carbons (Fsp3) is 0.600. The molecule has 1 aromatic rings. The molecule has 0 atom stereocenters. The predicted octanol–water partition coefficient (Wildman–Crippen LogP) is 0.438. The third-order valence-electron chi connectivity index (χ3n) is 1.01. The van der Waals surface area contributed by atoms with E-state index in [9.17, 15) is 0 Å². The first kappa shape index (κ1) is 14.0. The van der Waals surface area contributed by atoms with E-state index in [1.165, 1.54) is 0 Å². The molecule has 1 rings (SSSR count). The second-order valence-corrected chi connectivity index (χ2v) is 2.08. The minimum absolute atomic E-state index is 0. The molecule has 0 spiro atoms. The van der Waals surface area contributed by atoms with Crippen LogP contribution in [0.25, 0.3) is 0 Å². The lowest BCUT2D eigenvalue weighted by molar-refractivity contribution is 0.497. The lowest BCUT2D eigenvalue weighted by Crippen LogP contribution is -2.08. The summed E-state index contributed by atoms with van der Waals surface area (Å²) < 4.78 is 5.07. The maximum atomic E-state index is 5.25. The van der Waals surface area contributed by atoms with Gasteiger partial charge in [0.05, 0.1) is 6.54 Å². The Kier molecular flexibility index (Phi) is 7.07. The summed E-state index contributed by atoms with van der Waals surface area (Å²) in [6, 6.07) is 0.487. The van der Waals surface area contributed by atoms with Crippen molar-refractivity contribution in [1.82, 2.24) is 10.2 Å². The highest BCUT2D eigenvalue weighted by atomic mass is 35.5. The summed E-state index contributed by atoms with van der Waals surface area (Å²) in [6.07, 6.45) is 0. The van der Waals surface area contributed by atoms with Gasteiger partial charge in [-0.2, -0.15) is 0 Å². The van der Waals surface area contributed by atoms with Crippen LogP contribution in [0.4, 0.5) is 6.01 Å². The molecule has 0 saturated heterocycles. The predicted molar refractivity (Wildman–Crippen MR) is 51.0 cm³/mol. The molecule has 5 nitrogen and oxygen atoms in total. The molecular formula is C5H12Cl2N4O. The van der Waals surface area contributed by atoms with Crippen molar-refractivity contribution in [3.05, 3.63) is 5.89 Å². The van der Waals surface area contributed by atoms with E-state index in [1.807, 2.05) is 14.1 Å². The monoisotopic (exact) mass is 214 g/mol. The third-order valence-corrected chi connectivity index (χ3v) is 1.01. The molecule has 2 N–H and O–H groups in total. The zero-order valence-electron chi connectivity index (χ0n) is 6.85. The number of anilines is 1. The maximum absolute atomic E-state index is 5.25. The van der Waals surface area contributed by atoms with E-state index in [-0.39, 0.29) is 24.8 Å². The van der Waals surface area contributed by atoms with Gasteiger partial charge in [0.25, 0.3) is 0 Å². The largest absolute Gasteiger partial charge is 0.407 e. The van der Waals surface area contributed by atoms with Gasteiger partial charge in [0.1, 0.15) is 0 Å². The van der Waals surface area contributed by atoms with Crippen LogP contribution >= 0.6 is 24.8 Å². The highest BCUT2D eigenvalue weighted by Crippen LogP contribution is 2.06. The number of nitrogens with two attached hydrogens (primary N) is 1. The molecule has 0 fully saturated rings. The van der Waals surface area contributed by atoms with Crippen molar-refractivity contribution in [2.75, 3.05) is 19.0 Å². The van der Waals surface area contributed by atoms with Crippen molar-refractivity contribution >= 4 is 30.8 Å². The van der Waals surface area contributed by atoms with E-state index in [0.29, 0.717) is 18.5 Å². The van der Waals surface area contributed by atoms with Crippen LogP contribution in [0.5, 0.6) is 0 Å². The second-order valence-electron chi connectivity index (χ2n) is 2.08. The van der Waals surface area contributed by atoms with Crippen molar-refractivity contribution in [2.24, 2.45) is 5.73 Å². The molecule has 0 bridgehead atoms. The first-order valence-electron chi connectivity index (χ1n) is 2.94.